The topological polar surface area (TPSA) is 112 Å². The molecule has 10 heteroatoms. The van der Waals surface area contributed by atoms with Crippen LogP contribution in [0.25, 0.3) is 22.2 Å². The smallest absolute Gasteiger partial charge is 0.314 e. The fourth-order valence-electron chi connectivity index (χ4n) is 3.29. The normalized spacial score (nSPS) is 11.9. The first kappa shape index (κ1) is 21.4. The Balaban J connectivity index is 1.78. The molecular weight excluding hydrogens is 458 g/mol. The first-order chi connectivity index (χ1) is 14.7. The summed E-state index contributed by atoms with van der Waals surface area (Å²) in [6.45, 7) is 3.69. The third-order valence-corrected chi connectivity index (χ3v) is 7.25. The van der Waals surface area contributed by atoms with E-state index in [9.17, 15) is 18.0 Å². The Kier molecular flexibility index (Phi) is 5.50. The number of aromatic amines is 2. The van der Waals surface area contributed by atoms with Gasteiger partial charge in [0.25, 0.3) is 10.0 Å². The lowest BCUT2D eigenvalue weighted by atomic mass is 10.0. The number of sulfonamides is 1. The molecule has 2 aromatic heterocycles. The lowest BCUT2D eigenvalue weighted by Gasteiger charge is -2.16. The molecule has 0 atom stereocenters. The average Bonchev–Trinajstić information content (AvgIpc) is 3.22. The molecule has 4 rings (SSSR count). The fourth-order valence-corrected chi connectivity index (χ4v) is 5.66. The quantitative estimate of drug-likeness (QED) is 0.368. The molecule has 160 valence electrons. The molecule has 4 aromatic rings. The first-order valence-corrected chi connectivity index (χ1v) is 12.1. The van der Waals surface area contributed by atoms with E-state index in [1.807, 2.05) is 30.7 Å². The van der Waals surface area contributed by atoms with Crippen LogP contribution in [0.3, 0.4) is 0 Å². The number of aromatic nitrogens is 2. The van der Waals surface area contributed by atoms with Gasteiger partial charge < -0.3 is 9.97 Å². The number of rotatable bonds is 5. The van der Waals surface area contributed by atoms with Crippen LogP contribution in [0, 0.1) is 0 Å². The van der Waals surface area contributed by atoms with Gasteiger partial charge in [-0.15, -0.1) is 0 Å². The van der Waals surface area contributed by atoms with Gasteiger partial charge in [-0.2, -0.15) is 11.3 Å². The number of nitrogens with one attached hydrogen (secondary N) is 3. The van der Waals surface area contributed by atoms with E-state index in [1.54, 1.807) is 35.6 Å². The third-order valence-electron chi connectivity index (χ3n) is 4.82. The first-order valence-electron chi connectivity index (χ1n) is 9.31. The fraction of sp³-hybridized carbons (Fsp3) is 0.143. The lowest BCUT2D eigenvalue weighted by Crippen LogP contribution is -2.29. The van der Waals surface area contributed by atoms with Crippen LogP contribution in [0.5, 0.6) is 0 Å². The van der Waals surface area contributed by atoms with Crippen LogP contribution >= 0.6 is 22.9 Å². The number of hydrogen-bond acceptors (Lipinski definition) is 5. The number of thiophene rings is 1. The number of anilines is 1. The van der Waals surface area contributed by atoms with Gasteiger partial charge in [0.1, 0.15) is 0 Å². The van der Waals surface area contributed by atoms with E-state index < -0.39 is 21.1 Å². The van der Waals surface area contributed by atoms with Gasteiger partial charge in [0.2, 0.25) is 0 Å². The summed E-state index contributed by atoms with van der Waals surface area (Å²) in [7, 11) is -4.01. The van der Waals surface area contributed by atoms with E-state index in [1.165, 1.54) is 6.07 Å². The van der Waals surface area contributed by atoms with Crippen LogP contribution in [0.15, 0.2) is 61.6 Å². The zero-order valence-corrected chi connectivity index (χ0v) is 18.9. The molecule has 0 bridgehead atoms. The predicted molar refractivity (Wildman–Crippen MR) is 125 cm³/mol. The Bertz CT molecular complexity index is 1500. The molecule has 0 spiro atoms. The zero-order valence-electron chi connectivity index (χ0n) is 16.5. The number of H-pyrrole nitrogens is 2. The van der Waals surface area contributed by atoms with Gasteiger partial charge in [-0.05, 0) is 58.1 Å². The predicted octanol–water partition coefficient (Wildman–Crippen LogP) is 4.52. The van der Waals surface area contributed by atoms with Crippen LogP contribution in [0.1, 0.15) is 25.3 Å². The van der Waals surface area contributed by atoms with Gasteiger partial charge in [0, 0.05) is 5.56 Å². The number of halogens is 1. The van der Waals surface area contributed by atoms with Crippen molar-refractivity contribution in [2.45, 2.75) is 24.7 Å². The molecule has 31 heavy (non-hydrogen) atoms. The highest BCUT2D eigenvalue weighted by Crippen LogP contribution is 2.33. The van der Waals surface area contributed by atoms with Crippen molar-refractivity contribution in [3.8, 4) is 11.1 Å². The van der Waals surface area contributed by atoms with Gasteiger partial charge >= 0.3 is 11.1 Å². The Morgan fingerprint density at radius 2 is 1.68 bits per heavy atom. The molecule has 2 heterocycles. The maximum atomic E-state index is 13.2. The molecule has 0 radical (unpaired) electrons. The van der Waals surface area contributed by atoms with Gasteiger partial charge in [-0.25, -0.2) is 8.42 Å². The molecule has 0 aliphatic rings. The minimum Gasteiger partial charge on any atom is -0.316 e. The molecule has 0 saturated heterocycles. The summed E-state index contributed by atoms with van der Waals surface area (Å²) >= 11 is 7.93. The standard InChI is InChI=1S/C21H18ClN3O4S2/c1-11(2)15-8-17-18(24-21(27)20(26)23-17)9-19(15)31(28,29)25-13-3-4-14(16(22)7-13)12-5-6-30-10-12/h3-11,25H,1-2H3,(H,23,26)(H,24,27). The van der Waals surface area contributed by atoms with E-state index in [-0.39, 0.29) is 16.3 Å². The molecule has 0 aliphatic carbocycles. The maximum absolute atomic E-state index is 13.2. The number of fused-ring (bicyclic) bond motifs is 1. The second kappa shape index (κ2) is 7.99. The van der Waals surface area contributed by atoms with Gasteiger partial charge in [0.05, 0.1) is 26.6 Å². The highest BCUT2D eigenvalue weighted by atomic mass is 35.5. The molecule has 7 nitrogen and oxygen atoms in total. The molecule has 3 N–H and O–H groups in total. The zero-order chi connectivity index (χ0) is 22.3. The molecule has 0 fully saturated rings. The van der Waals surface area contributed by atoms with Gasteiger partial charge in [-0.1, -0.05) is 31.5 Å². The van der Waals surface area contributed by atoms with Crippen molar-refractivity contribution in [1.82, 2.24) is 9.97 Å². The van der Waals surface area contributed by atoms with Gasteiger partial charge in [-0.3, -0.25) is 14.3 Å². The molecule has 2 aromatic carbocycles. The van der Waals surface area contributed by atoms with Crippen molar-refractivity contribution in [2.24, 2.45) is 0 Å². The van der Waals surface area contributed by atoms with Crippen molar-refractivity contribution in [3.05, 3.63) is 78.5 Å². The number of benzene rings is 2. The summed E-state index contributed by atoms with van der Waals surface area (Å²) in [5.41, 5.74) is 1.52. The van der Waals surface area contributed by atoms with Crippen molar-refractivity contribution >= 4 is 49.7 Å². The van der Waals surface area contributed by atoms with Crippen molar-refractivity contribution in [3.63, 3.8) is 0 Å². The van der Waals surface area contributed by atoms with Crippen LogP contribution < -0.4 is 15.8 Å². The summed E-state index contributed by atoms with van der Waals surface area (Å²) in [6, 6.07) is 9.82. The van der Waals surface area contributed by atoms with Gasteiger partial charge in [0.15, 0.2) is 0 Å². The van der Waals surface area contributed by atoms with Crippen LogP contribution in [0.4, 0.5) is 5.69 Å². The number of hydrogen-bond donors (Lipinski definition) is 3. The summed E-state index contributed by atoms with van der Waals surface area (Å²) in [5.74, 6) is -0.157. The molecule has 0 saturated carbocycles. The Hall–Kier alpha value is -2.88. The van der Waals surface area contributed by atoms with E-state index in [2.05, 4.69) is 14.7 Å². The van der Waals surface area contributed by atoms with Crippen molar-refractivity contribution in [2.75, 3.05) is 4.72 Å². The highest BCUT2D eigenvalue weighted by Gasteiger charge is 2.22. The van der Waals surface area contributed by atoms with Crippen LogP contribution in [-0.4, -0.2) is 18.4 Å². The molecule has 0 amide bonds. The Morgan fingerprint density at radius 3 is 2.26 bits per heavy atom. The molecular formula is C21H18ClN3O4S2. The van der Waals surface area contributed by atoms with Crippen LogP contribution in [0.2, 0.25) is 5.02 Å². The van der Waals surface area contributed by atoms with Crippen LogP contribution in [-0.2, 0) is 10.0 Å². The molecule has 0 unspecified atom stereocenters. The monoisotopic (exact) mass is 475 g/mol. The van der Waals surface area contributed by atoms with Crippen molar-refractivity contribution in [1.29, 1.82) is 0 Å². The average molecular weight is 476 g/mol. The van der Waals surface area contributed by atoms with E-state index in [0.717, 1.165) is 11.1 Å². The van der Waals surface area contributed by atoms with E-state index in [0.29, 0.717) is 21.8 Å². The second-order valence-corrected chi connectivity index (χ2v) is 10.1. The Morgan fingerprint density at radius 1 is 1.00 bits per heavy atom. The largest absolute Gasteiger partial charge is 0.316 e. The summed E-state index contributed by atoms with van der Waals surface area (Å²) < 4.78 is 29.0. The summed E-state index contributed by atoms with van der Waals surface area (Å²) in [6.07, 6.45) is 0. The minimum absolute atomic E-state index is 0.00994. The summed E-state index contributed by atoms with van der Waals surface area (Å²) in [4.78, 5) is 28.2. The minimum atomic E-state index is -4.01. The summed E-state index contributed by atoms with van der Waals surface area (Å²) in [5, 5.41) is 4.32. The highest BCUT2D eigenvalue weighted by molar-refractivity contribution is 7.92. The lowest BCUT2D eigenvalue weighted by molar-refractivity contribution is 0.599. The molecule has 0 aliphatic heterocycles. The van der Waals surface area contributed by atoms with E-state index in [4.69, 9.17) is 11.6 Å². The van der Waals surface area contributed by atoms with E-state index >= 15 is 0 Å². The Labute approximate surface area is 186 Å². The third kappa shape index (κ3) is 4.16. The SMILES string of the molecule is CC(C)c1cc2[nH]c(=O)c(=O)[nH]c2cc1S(=O)(=O)Nc1ccc(-c2ccsc2)c(Cl)c1. The maximum Gasteiger partial charge on any atom is 0.314 e. The second-order valence-electron chi connectivity index (χ2n) is 7.31. The van der Waals surface area contributed by atoms with Crippen molar-refractivity contribution < 1.29 is 8.42 Å².